The normalized spacial score (nSPS) is 11.0. The summed E-state index contributed by atoms with van der Waals surface area (Å²) < 4.78 is 5.77. The molecule has 114 valence electrons. The van der Waals surface area contributed by atoms with Gasteiger partial charge in [0.05, 0.1) is 18.2 Å². The Kier molecular flexibility index (Phi) is 6.54. The van der Waals surface area contributed by atoms with Gasteiger partial charge in [0.2, 0.25) is 0 Å². The molecule has 0 atom stereocenters. The molecule has 4 nitrogen and oxygen atoms in total. The van der Waals surface area contributed by atoms with E-state index in [0.717, 1.165) is 24.4 Å². The zero-order valence-corrected chi connectivity index (χ0v) is 13.0. The van der Waals surface area contributed by atoms with Crippen LogP contribution in [0.3, 0.4) is 0 Å². The van der Waals surface area contributed by atoms with Gasteiger partial charge in [0.15, 0.2) is 0 Å². The highest BCUT2D eigenvalue weighted by Crippen LogP contribution is 2.31. The molecule has 0 amide bonds. The molecule has 0 aliphatic carbocycles. The molecule has 0 fully saturated rings. The zero-order valence-electron chi connectivity index (χ0n) is 11.5. The maximum Gasteiger partial charge on any atom is 0.135 e. The summed E-state index contributed by atoms with van der Waals surface area (Å²) in [5.41, 5.74) is 0.792. The first kappa shape index (κ1) is 16.3. The molecule has 1 aromatic carbocycles. The van der Waals surface area contributed by atoms with Gasteiger partial charge in [-0.1, -0.05) is 23.2 Å². The van der Waals surface area contributed by atoms with E-state index in [1.54, 1.807) is 18.2 Å². The molecular weight excluding hydrogens is 311 g/mol. The van der Waals surface area contributed by atoms with Gasteiger partial charge < -0.3 is 20.2 Å². The molecule has 0 spiro atoms. The van der Waals surface area contributed by atoms with Crippen LogP contribution in [0.1, 0.15) is 5.76 Å². The van der Waals surface area contributed by atoms with Crippen molar-refractivity contribution in [2.24, 2.45) is 0 Å². The number of benzene rings is 1. The number of aliphatic hydroxyl groups is 1. The molecule has 1 aromatic heterocycles. The third-order valence-electron chi connectivity index (χ3n) is 2.92. The Hall–Kier alpha value is -1.04. The summed E-state index contributed by atoms with van der Waals surface area (Å²) in [4.78, 5) is 0. The van der Waals surface area contributed by atoms with Crippen molar-refractivity contribution in [2.45, 2.75) is 6.54 Å². The predicted octanol–water partition coefficient (Wildman–Crippen LogP) is 2.92. The van der Waals surface area contributed by atoms with Gasteiger partial charge in [0, 0.05) is 30.2 Å². The predicted molar refractivity (Wildman–Crippen MR) is 85.8 cm³/mol. The summed E-state index contributed by atoms with van der Waals surface area (Å²) in [5, 5.41) is 16.2. The third-order valence-corrected chi connectivity index (χ3v) is 3.49. The molecule has 0 unspecified atom stereocenters. The van der Waals surface area contributed by atoms with Crippen molar-refractivity contribution in [2.75, 3.05) is 26.2 Å². The van der Waals surface area contributed by atoms with Crippen molar-refractivity contribution in [1.82, 2.24) is 10.6 Å². The summed E-state index contributed by atoms with van der Waals surface area (Å²) >= 11 is 12.1. The SMILES string of the molecule is OCCNCCNCc1ccc(-c2cc(Cl)ccc2Cl)o1. The van der Waals surface area contributed by atoms with E-state index in [-0.39, 0.29) is 6.61 Å². The van der Waals surface area contributed by atoms with Crippen LogP contribution in [-0.4, -0.2) is 31.3 Å². The number of hydrogen-bond acceptors (Lipinski definition) is 4. The minimum absolute atomic E-state index is 0.155. The maximum absolute atomic E-state index is 8.64. The molecular formula is C15H18Cl2N2O2. The molecule has 2 aromatic rings. The zero-order chi connectivity index (χ0) is 15.1. The highest BCUT2D eigenvalue weighted by molar-refractivity contribution is 6.35. The smallest absolute Gasteiger partial charge is 0.135 e. The lowest BCUT2D eigenvalue weighted by molar-refractivity contribution is 0.292. The van der Waals surface area contributed by atoms with Gasteiger partial charge in [-0.2, -0.15) is 0 Å². The van der Waals surface area contributed by atoms with Gasteiger partial charge in [-0.3, -0.25) is 0 Å². The van der Waals surface area contributed by atoms with Crippen molar-refractivity contribution in [3.05, 3.63) is 46.1 Å². The van der Waals surface area contributed by atoms with E-state index in [1.165, 1.54) is 0 Å². The van der Waals surface area contributed by atoms with Crippen molar-refractivity contribution in [1.29, 1.82) is 0 Å². The van der Waals surface area contributed by atoms with Crippen LogP contribution in [0.15, 0.2) is 34.7 Å². The number of furan rings is 1. The fourth-order valence-corrected chi connectivity index (χ4v) is 2.28. The fourth-order valence-electron chi connectivity index (χ4n) is 1.90. The number of aliphatic hydroxyl groups excluding tert-OH is 1. The Morgan fingerprint density at radius 3 is 2.62 bits per heavy atom. The number of rotatable bonds is 8. The van der Waals surface area contributed by atoms with E-state index in [0.29, 0.717) is 28.9 Å². The molecule has 1 heterocycles. The number of halogens is 2. The lowest BCUT2D eigenvalue weighted by Crippen LogP contribution is -2.28. The molecule has 0 bridgehead atoms. The fraction of sp³-hybridized carbons (Fsp3) is 0.333. The molecule has 2 rings (SSSR count). The molecule has 6 heteroatoms. The van der Waals surface area contributed by atoms with Crippen LogP contribution in [-0.2, 0) is 6.54 Å². The Bertz CT molecular complexity index is 573. The number of nitrogens with one attached hydrogen (secondary N) is 2. The second-order valence-corrected chi connectivity index (χ2v) is 5.38. The van der Waals surface area contributed by atoms with Gasteiger partial charge >= 0.3 is 0 Å². The first-order chi connectivity index (χ1) is 10.2. The van der Waals surface area contributed by atoms with Crippen LogP contribution >= 0.6 is 23.2 Å². The Balaban J connectivity index is 1.88. The molecule has 0 saturated carbocycles. The van der Waals surface area contributed by atoms with Gasteiger partial charge in [0.1, 0.15) is 11.5 Å². The van der Waals surface area contributed by atoms with Crippen molar-refractivity contribution >= 4 is 23.2 Å². The summed E-state index contributed by atoms with van der Waals surface area (Å²) in [6.07, 6.45) is 0. The third kappa shape index (κ3) is 5.02. The van der Waals surface area contributed by atoms with Crippen molar-refractivity contribution < 1.29 is 9.52 Å². The molecule has 0 aliphatic heterocycles. The van der Waals surface area contributed by atoms with Crippen molar-refractivity contribution in [3.8, 4) is 11.3 Å². The molecule has 21 heavy (non-hydrogen) atoms. The standard InChI is InChI=1S/C15H18Cl2N2O2/c16-11-1-3-14(17)13(9-11)15-4-2-12(21-15)10-19-6-5-18-7-8-20/h1-4,9,18-20H,5-8,10H2. The van der Waals surface area contributed by atoms with Crippen LogP contribution in [0.5, 0.6) is 0 Å². The van der Waals surface area contributed by atoms with Crippen LogP contribution in [0.2, 0.25) is 10.0 Å². The van der Waals surface area contributed by atoms with E-state index in [9.17, 15) is 0 Å². The minimum atomic E-state index is 0.155. The lowest BCUT2D eigenvalue weighted by atomic mass is 10.2. The number of hydrogen-bond donors (Lipinski definition) is 3. The molecule has 3 N–H and O–H groups in total. The van der Waals surface area contributed by atoms with E-state index in [2.05, 4.69) is 10.6 Å². The van der Waals surface area contributed by atoms with Gasteiger partial charge in [-0.05, 0) is 30.3 Å². The Morgan fingerprint density at radius 2 is 1.81 bits per heavy atom. The van der Waals surface area contributed by atoms with E-state index in [1.807, 2.05) is 12.1 Å². The van der Waals surface area contributed by atoms with Crippen molar-refractivity contribution in [3.63, 3.8) is 0 Å². The van der Waals surface area contributed by atoms with Crippen LogP contribution in [0, 0.1) is 0 Å². The lowest BCUT2D eigenvalue weighted by Gasteiger charge is -2.04. The van der Waals surface area contributed by atoms with Gasteiger partial charge in [-0.15, -0.1) is 0 Å². The summed E-state index contributed by atoms with van der Waals surface area (Å²) in [5.74, 6) is 1.54. The monoisotopic (exact) mass is 328 g/mol. The highest BCUT2D eigenvalue weighted by atomic mass is 35.5. The first-order valence-electron chi connectivity index (χ1n) is 6.77. The highest BCUT2D eigenvalue weighted by Gasteiger charge is 2.09. The van der Waals surface area contributed by atoms with Crippen LogP contribution in [0.25, 0.3) is 11.3 Å². The average molecular weight is 329 g/mol. The molecule has 0 saturated heterocycles. The first-order valence-corrected chi connectivity index (χ1v) is 7.52. The summed E-state index contributed by atoms with van der Waals surface area (Å²) in [6.45, 7) is 3.00. The minimum Gasteiger partial charge on any atom is -0.460 e. The van der Waals surface area contributed by atoms with Crippen LogP contribution < -0.4 is 10.6 Å². The molecule has 0 aliphatic rings. The summed E-state index contributed by atoms with van der Waals surface area (Å²) in [7, 11) is 0. The Labute approximate surface area is 134 Å². The second-order valence-electron chi connectivity index (χ2n) is 4.54. The quantitative estimate of drug-likeness (QED) is 0.652. The van der Waals surface area contributed by atoms with E-state index >= 15 is 0 Å². The maximum atomic E-state index is 8.64. The average Bonchev–Trinajstić information content (AvgIpc) is 2.94. The largest absolute Gasteiger partial charge is 0.460 e. The topological polar surface area (TPSA) is 57.4 Å². The summed E-state index contributed by atoms with van der Waals surface area (Å²) in [6, 6.07) is 9.10. The van der Waals surface area contributed by atoms with E-state index < -0.39 is 0 Å². The second kappa shape index (κ2) is 8.41. The van der Waals surface area contributed by atoms with Gasteiger partial charge in [-0.25, -0.2) is 0 Å². The van der Waals surface area contributed by atoms with E-state index in [4.69, 9.17) is 32.7 Å². The Morgan fingerprint density at radius 1 is 1.00 bits per heavy atom. The molecule has 0 radical (unpaired) electrons. The van der Waals surface area contributed by atoms with Crippen LogP contribution in [0.4, 0.5) is 0 Å². The van der Waals surface area contributed by atoms with Gasteiger partial charge in [0.25, 0.3) is 0 Å².